The van der Waals surface area contributed by atoms with E-state index in [0.717, 1.165) is 28.2 Å². The van der Waals surface area contributed by atoms with Crippen LogP contribution in [0.2, 0.25) is 0 Å². The molecule has 0 saturated heterocycles. The summed E-state index contributed by atoms with van der Waals surface area (Å²) in [7, 11) is 0. The van der Waals surface area contributed by atoms with Crippen LogP contribution in [-0.2, 0) is 0 Å². The van der Waals surface area contributed by atoms with Gasteiger partial charge in [0, 0.05) is 28.8 Å². The molecule has 24 heavy (non-hydrogen) atoms. The van der Waals surface area contributed by atoms with E-state index in [0.29, 0.717) is 12.5 Å². The molecular formula is C21H15NO2. The highest BCUT2D eigenvalue weighted by Gasteiger charge is 2.31. The van der Waals surface area contributed by atoms with E-state index in [1.54, 1.807) is 6.20 Å². The van der Waals surface area contributed by atoms with Crippen molar-refractivity contribution in [2.75, 3.05) is 6.61 Å². The average Bonchev–Trinajstić information content (AvgIpc) is 2.65. The van der Waals surface area contributed by atoms with Crippen LogP contribution in [-0.4, -0.2) is 11.6 Å². The molecule has 0 amide bonds. The molecule has 2 aromatic carbocycles. The number of benzene rings is 2. The fraction of sp³-hybridized carbons (Fsp3) is 0.0952. The number of para-hydroxylation sites is 2. The first-order chi connectivity index (χ1) is 11.9. The minimum atomic E-state index is 0.104. The fourth-order valence-electron chi connectivity index (χ4n) is 3.49. The zero-order valence-electron chi connectivity index (χ0n) is 13.0. The summed E-state index contributed by atoms with van der Waals surface area (Å²) in [6.45, 7) is 0.574. The van der Waals surface area contributed by atoms with Crippen LogP contribution in [0.25, 0.3) is 6.08 Å². The molecule has 0 spiro atoms. The molecule has 0 aliphatic carbocycles. The highest BCUT2D eigenvalue weighted by Crippen LogP contribution is 2.47. The molecule has 0 bridgehead atoms. The Kier molecular flexibility index (Phi) is 2.92. The lowest BCUT2D eigenvalue weighted by molar-refractivity contribution is 0.337. The molecule has 2 aliphatic rings. The third-order valence-electron chi connectivity index (χ3n) is 4.57. The quantitative estimate of drug-likeness (QED) is 0.647. The lowest BCUT2D eigenvalue weighted by Gasteiger charge is -2.30. The van der Waals surface area contributed by atoms with E-state index < -0.39 is 0 Å². The van der Waals surface area contributed by atoms with Gasteiger partial charge in [-0.2, -0.15) is 0 Å². The molecular weight excluding hydrogens is 298 g/mol. The highest BCUT2D eigenvalue weighted by atomic mass is 16.5. The summed E-state index contributed by atoms with van der Waals surface area (Å²) in [6.07, 6.45) is 4.01. The van der Waals surface area contributed by atoms with Crippen molar-refractivity contribution < 1.29 is 9.47 Å². The lowest BCUT2D eigenvalue weighted by atomic mass is 9.82. The second kappa shape index (κ2) is 5.24. The summed E-state index contributed by atoms with van der Waals surface area (Å²) in [5.74, 6) is 2.59. The van der Waals surface area contributed by atoms with Crippen molar-refractivity contribution in [1.82, 2.24) is 4.98 Å². The SMILES string of the molecule is C1=C(C2c3ccccc3Oc3ncccc32)COc2ccccc21. The zero-order chi connectivity index (χ0) is 15.9. The van der Waals surface area contributed by atoms with Gasteiger partial charge in [0.15, 0.2) is 0 Å². The maximum absolute atomic E-state index is 5.99. The number of aromatic nitrogens is 1. The average molecular weight is 313 g/mol. The third-order valence-corrected chi connectivity index (χ3v) is 4.57. The van der Waals surface area contributed by atoms with Gasteiger partial charge in [0.25, 0.3) is 0 Å². The first kappa shape index (κ1) is 13.4. The van der Waals surface area contributed by atoms with Crippen molar-refractivity contribution in [3.05, 3.63) is 89.1 Å². The standard InChI is InChI=1S/C21H15NO2/c1-3-9-18-14(6-1)12-15(13-23-18)20-16-7-2-4-10-19(16)24-21-17(20)8-5-11-22-21/h1-12,20H,13H2. The van der Waals surface area contributed by atoms with Gasteiger partial charge in [0.1, 0.15) is 18.1 Å². The monoisotopic (exact) mass is 313 g/mol. The van der Waals surface area contributed by atoms with Crippen molar-refractivity contribution in [2.45, 2.75) is 5.92 Å². The van der Waals surface area contributed by atoms with Gasteiger partial charge in [0.05, 0.1) is 0 Å². The number of ether oxygens (including phenoxy) is 2. The molecule has 116 valence electrons. The van der Waals surface area contributed by atoms with Gasteiger partial charge in [-0.1, -0.05) is 42.5 Å². The molecule has 1 unspecified atom stereocenters. The van der Waals surface area contributed by atoms with Gasteiger partial charge in [-0.15, -0.1) is 0 Å². The lowest BCUT2D eigenvalue weighted by Crippen LogP contribution is -2.19. The Bertz CT molecular complexity index is 916. The third kappa shape index (κ3) is 2.02. The van der Waals surface area contributed by atoms with Crippen LogP contribution >= 0.6 is 0 Å². The molecule has 0 N–H and O–H groups in total. The minimum absolute atomic E-state index is 0.104. The van der Waals surface area contributed by atoms with E-state index in [1.165, 1.54) is 5.57 Å². The number of nitrogens with zero attached hydrogens (tertiary/aromatic N) is 1. The second-order valence-electron chi connectivity index (χ2n) is 6.02. The normalized spacial score (nSPS) is 17.5. The number of fused-ring (bicyclic) bond motifs is 3. The molecule has 1 aromatic heterocycles. The molecule has 0 fully saturated rings. The van der Waals surface area contributed by atoms with Gasteiger partial charge in [-0.3, -0.25) is 0 Å². The molecule has 3 heterocycles. The predicted octanol–water partition coefficient (Wildman–Crippen LogP) is 4.80. The smallest absolute Gasteiger partial charge is 0.223 e. The maximum Gasteiger partial charge on any atom is 0.223 e. The first-order valence-electron chi connectivity index (χ1n) is 8.04. The number of pyridine rings is 1. The summed E-state index contributed by atoms with van der Waals surface area (Å²) in [5.41, 5.74) is 4.59. The fourth-order valence-corrected chi connectivity index (χ4v) is 3.49. The van der Waals surface area contributed by atoms with Crippen molar-refractivity contribution in [3.63, 3.8) is 0 Å². The van der Waals surface area contributed by atoms with Crippen LogP contribution in [0.15, 0.2) is 72.4 Å². The molecule has 5 rings (SSSR count). The summed E-state index contributed by atoms with van der Waals surface area (Å²) in [6, 6.07) is 20.3. The largest absolute Gasteiger partial charge is 0.489 e. The Labute approximate surface area is 140 Å². The molecule has 3 nitrogen and oxygen atoms in total. The molecule has 3 aromatic rings. The molecule has 1 atom stereocenters. The van der Waals surface area contributed by atoms with Crippen molar-refractivity contribution in [2.24, 2.45) is 0 Å². The van der Waals surface area contributed by atoms with E-state index in [1.807, 2.05) is 36.4 Å². The number of hydrogen-bond donors (Lipinski definition) is 0. The predicted molar refractivity (Wildman–Crippen MR) is 92.5 cm³/mol. The summed E-state index contributed by atoms with van der Waals surface area (Å²) < 4.78 is 12.0. The van der Waals surface area contributed by atoms with E-state index in [9.17, 15) is 0 Å². The number of hydrogen-bond acceptors (Lipinski definition) is 3. The molecule has 3 heteroatoms. The van der Waals surface area contributed by atoms with Crippen LogP contribution in [0.5, 0.6) is 17.4 Å². The van der Waals surface area contributed by atoms with Crippen LogP contribution in [0.3, 0.4) is 0 Å². The Morgan fingerprint density at radius 2 is 1.62 bits per heavy atom. The maximum atomic E-state index is 5.99. The molecule has 2 aliphatic heterocycles. The van der Waals surface area contributed by atoms with E-state index in [4.69, 9.17) is 9.47 Å². The van der Waals surface area contributed by atoms with Crippen molar-refractivity contribution in [3.8, 4) is 17.4 Å². The van der Waals surface area contributed by atoms with E-state index in [2.05, 4.69) is 35.3 Å². The highest BCUT2D eigenvalue weighted by molar-refractivity contribution is 5.67. The summed E-state index contributed by atoms with van der Waals surface area (Å²) in [4.78, 5) is 4.42. The topological polar surface area (TPSA) is 31.4 Å². The zero-order valence-corrected chi connectivity index (χ0v) is 13.0. The minimum Gasteiger partial charge on any atom is -0.489 e. The Morgan fingerprint density at radius 3 is 2.58 bits per heavy atom. The van der Waals surface area contributed by atoms with Gasteiger partial charge < -0.3 is 9.47 Å². The van der Waals surface area contributed by atoms with Crippen molar-refractivity contribution >= 4 is 6.08 Å². The van der Waals surface area contributed by atoms with Crippen LogP contribution in [0.1, 0.15) is 22.6 Å². The Hall–Kier alpha value is -3.07. The van der Waals surface area contributed by atoms with Crippen LogP contribution < -0.4 is 9.47 Å². The number of rotatable bonds is 1. The van der Waals surface area contributed by atoms with Gasteiger partial charge in [-0.05, 0) is 29.8 Å². The van der Waals surface area contributed by atoms with E-state index in [-0.39, 0.29) is 5.92 Å². The van der Waals surface area contributed by atoms with Gasteiger partial charge in [0.2, 0.25) is 5.88 Å². The first-order valence-corrected chi connectivity index (χ1v) is 8.04. The van der Waals surface area contributed by atoms with E-state index >= 15 is 0 Å². The Morgan fingerprint density at radius 1 is 0.833 bits per heavy atom. The van der Waals surface area contributed by atoms with Crippen LogP contribution in [0, 0.1) is 0 Å². The summed E-state index contributed by atoms with van der Waals surface area (Å²) >= 11 is 0. The van der Waals surface area contributed by atoms with Crippen LogP contribution in [0.4, 0.5) is 0 Å². The molecule has 0 saturated carbocycles. The van der Waals surface area contributed by atoms with Gasteiger partial charge in [-0.25, -0.2) is 4.98 Å². The summed E-state index contributed by atoms with van der Waals surface area (Å²) in [5, 5.41) is 0. The van der Waals surface area contributed by atoms with Crippen molar-refractivity contribution in [1.29, 1.82) is 0 Å². The van der Waals surface area contributed by atoms with Gasteiger partial charge >= 0.3 is 0 Å². The Balaban J connectivity index is 1.70. The second-order valence-corrected chi connectivity index (χ2v) is 6.02. The molecule has 0 radical (unpaired) electrons.